The van der Waals surface area contributed by atoms with Crippen LogP contribution in [-0.2, 0) is 4.74 Å². The molecule has 0 saturated carbocycles. The molecule has 0 aliphatic heterocycles. The molecule has 0 saturated heterocycles. The number of aromatic nitrogens is 2. The van der Waals surface area contributed by atoms with Gasteiger partial charge in [-0.15, -0.1) is 0 Å². The zero-order chi connectivity index (χ0) is 26.4. The number of carbonyl (C=O) groups excluding carboxylic acids is 1. The number of ether oxygens (including phenoxy) is 3. The van der Waals surface area contributed by atoms with Gasteiger partial charge in [0.1, 0.15) is 11.1 Å². The number of pyridine rings is 2. The molecule has 11 nitrogen and oxygen atoms in total. The van der Waals surface area contributed by atoms with E-state index in [0.717, 1.165) is 25.9 Å². The van der Waals surface area contributed by atoms with E-state index in [2.05, 4.69) is 51.5 Å². The van der Waals surface area contributed by atoms with E-state index in [9.17, 15) is 9.59 Å². The van der Waals surface area contributed by atoms with E-state index < -0.39 is 11.9 Å². The van der Waals surface area contributed by atoms with E-state index in [0.29, 0.717) is 33.6 Å². The maximum Gasteiger partial charge on any atom is 1.00 e. The Morgan fingerprint density at radius 1 is 0.865 bits per heavy atom. The summed E-state index contributed by atoms with van der Waals surface area (Å²) >= 11 is 6.44. The largest absolute Gasteiger partial charge is 1.00 e. The number of carbonyl (C=O) groups is 2. The molecule has 2 rings (SSSR count). The summed E-state index contributed by atoms with van der Waals surface area (Å²) in [6.07, 6.45) is 4.80. The molecule has 2 heterocycles. The first-order valence-corrected chi connectivity index (χ1v) is 12.3. The standard InChI is InChI=1S/C12H17BrN2O3.C11H15BrN2O3.Na.H2O/c1-15(2)5-4-6-18-11-10(12(16)17-3)7-9(13)8-14-11;1-14(2)4-3-5-17-10-9(11(15)16)6-8(12)7-13-10;;/h7-8H,4-6H2,1-3H3;6-7H,3-5H2,1-2H3,(H,15,16);;1H2/q;;+1;/p-1. The second-order valence-corrected chi connectivity index (χ2v) is 9.65. The number of carboxylic acid groups (broad SMARTS) is 1. The van der Waals surface area contributed by atoms with Crippen molar-refractivity contribution in [1.82, 2.24) is 19.8 Å². The first-order chi connectivity index (χ1) is 16.5. The van der Waals surface area contributed by atoms with Crippen molar-refractivity contribution >= 4 is 43.8 Å². The zero-order valence-corrected chi connectivity index (χ0v) is 27.2. The Labute approximate surface area is 256 Å². The quantitative estimate of drug-likeness (QED) is 0.195. The summed E-state index contributed by atoms with van der Waals surface area (Å²) < 4.78 is 16.9. The Morgan fingerprint density at radius 3 is 1.65 bits per heavy atom. The molecule has 0 unspecified atom stereocenters. The Balaban J connectivity index is 0. The Hall–Kier alpha value is -1.32. The van der Waals surface area contributed by atoms with Gasteiger partial charge in [0.2, 0.25) is 11.8 Å². The smallest absolute Gasteiger partial charge is 0.870 e. The molecule has 0 spiro atoms. The number of halogens is 2. The molecule has 37 heavy (non-hydrogen) atoms. The van der Waals surface area contributed by atoms with Crippen LogP contribution in [-0.4, -0.2) is 104 Å². The molecular weight excluding hydrogens is 627 g/mol. The Bertz CT molecular complexity index is 969. The fourth-order valence-electron chi connectivity index (χ4n) is 2.59. The van der Waals surface area contributed by atoms with Crippen molar-refractivity contribution in [3.63, 3.8) is 0 Å². The van der Waals surface area contributed by atoms with E-state index in [1.807, 2.05) is 33.1 Å². The van der Waals surface area contributed by atoms with Crippen LogP contribution in [0, 0.1) is 0 Å². The number of rotatable bonds is 12. The average molecular weight is 660 g/mol. The van der Waals surface area contributed by atoms with E-state index in [4.69, 9.17) is 14.6 Å². The van der Waals surface area contributed by atoms with Crippen LogP contribution < -0.4 is 39.0 Å². The summed E-state index contributed by atoms with van der Waals surface area (Å²) in [6.45, 7) is 2.77. The van der Waals surface area contributed by atoms with Gasteiger partial charge in [0, 0.05) is 34.4 Å². The van der Waals surface area contributed by atoms with Crippen molar-refractivity contribution in [3.05, 3.63) is 44.6 Å². The van der Waals surface area contributed by atoms with Gasteiger partial charge in [-0.05, 0) is 85.0 Å². The minimum absolute atomic E-state index is 0. The summed E-state index contributed by atoms with van der Waals surface area (Å²) in [6, 6.07) is 3.12. The van der Waals surface area contributed by atoms with Crippen LogP contribution in [0.5, 0.6) is 11.8 Å². The molecule has 0 bridgehead atoms. The molecule has 14 heteroatoms. The Morgan fingerprint density at radius 2 is 1.27 bits per heavy atom. The van der Waals surface area contributed by atoms with Gasteiger partial charge in [0.15, 0.2) is 0 Å². The molecule has 0 radical (unpaired) electrons. The molecule has 0 amide bonds. The van der Waals surface area contributed by atoms with Gasteiger partial charge in [0.25, 0.3) is 0 Å². The number of methoxy groups -OCH3 is 1. The van der Waals surface area contributed by atoms with Crippen LogP contribution in [0.2, 0.25) is 0 Å². The third-order valence-electron chi connectivity index (χ3n) is 4.25. The van der Waals surface area contributed by atoms with Crippen molar-refractivity contribution < 1.29 is 63.9 Å². The maximum atomic E-state index is 11.6. The number of esters is 1. The number of hydrogen-bond donors (Lipinski definition) is 1. The molecule has 0 fully saturated rings. The van der Waals surface area contributed by atoms with Crippen LogP contribution >= 0.6 is 31.9 Å². The number of hydrogen-bond acceptors (Lipinski definition) is 10. The number of aromatic carboxylic acids is 1. The molecule has 202 valence electrons. The number of carboxylic acids is 1. The topological polar surface area (TPSA) is 144 Å². The van der Waals surface area contributed by atoms with Crippen molar-refractivity contribution in [2.45, 2.75) is 12.8 Å². The van der Waals surface area contributed by atoms with Gasteiger partial charge in [0.05, 0.1) is 20.3 Å². The van der Waals surface area contributed by atoms with Crippen molar-refractivity contribution in [2.24, 2.45) is 0 Å². The molecule has 0 aromatic carbocycles. The second kappa shape index (κ2) is 20.6. The molecule has 0 aliphatic carbocycles. The van der Waals surface area contributed by atoms with Crippen LogP contribution in [0.1, 0.15) is 33.6 Å². The zero-order valence-electron chi connectivity index (χ0n) is 22.0. The van der Waals surface area contributed by atoms with Crippen LogP contribution in [0.25, 0.3) is 0 Å². The van der Waals surface area contributed by atoms with Crippen molar-refractivity contribution in [3.8, 4) is 11.8 Å². The van der Waals surface area contributed by atoms with Crippen LogP contribution in [0.4, 0.5) is 0 Å². The van der Waals surface area contributed by atoms with Crippen molar-refractivity contribution in [2.75, 3.05) is 61.6 Å². The molecule has 2 N–H and O–H groups in total. The van der Waals surface area contributed by atoms with Crippen LogP contribution in [0.3, 0.4) is 0 Å². The van der Waals surface area contributed by atoms with Gasteiger partial charge in [-0.3, -0.25) is 0 Å². The minimum atomic E-state index is -1.04. The maximum absolute atomic E-state index is 11.6. The minimum Gasteiger partial charge on any atom is -0.870 e. The monoisotopic (exact) mass is 658 g/mol. The van der Waals surface area contributed by atoms with E-state index in [1.165, 1.54) is 19.4 Å². The second-order valence-electron chi connectivity index (χ2n) is 7.82. The normalized spacial score (nSPS) is 9.97. The fourth-order valence-corrected chi connectivity index (χ4v) is 3.25. The molecule has 2 aromatic rings. The fraction of sp³-hybridized carbons (Fsp3) is 0.478. The molecule has 0 aliphatic rings. The summed E-state index contributed by atoms with van der Waals surface area (Å²) in [5, 5.41) is 8.99. The van der Waals surface area contributed by atoms with Gasteiger partial charge in [-0.2, -0.15) is 0 Å². The van der Waals surface area contributed by atoms with Gasteiger partial charge in [-0.25, -0.2) is 19.6 Å². The number of nitrogens with zero attached hydrogens (tertiary/aromatic N) is 4. The third-order valence-corrected chi connectivity index (χ3v) is 5.12. The van der Waals surface area contributed by atoms with Crippen LogP contribution in [0.15, 0.2) is 33.5 Å². The SMILES string of the molecule is CN(C)CCCOc1ncc(Br)cc1C(=O)O.COC(=O)c1cc(Br)cnc1OCCCN(C)C.[Na+].[OH-]. The predicted octanol–water partition coefficient (Wildman–Crippen LogP) is 0.661. The first-order valence-electron chi connectivity index (χ1n) is 10.7. The summed E-state index contributed by atoms with van der Waals surface area (Å²) in [5.74, 6) is -1.02. The summed E-state index contributed by atoms with van der Waals surface area (Å²) in [7, 11) is 9.27. The summed E-state index contributed by atoms with van der Waals surface area (Å²) in [5.41, 5.74) is 0.404. The molecule has 2 aromatic heterocycles. The average Bonchev–Trinajstić information content (AvgIpc) is 2.80. The van der Waals surface area contributed by atoms with E-state index >= 15 is 0 Å². The van der Waals surface area contributed by atoms with Gasteiger partial charge < -0.3 is 34.6 Å². The predicted molar refractivity (Wildman–Crippen MR) is 141 cm³/mol. The van der Waals surface area contributed by atoms with E-state index in [-0.39, 0.29) is 46.5 Å². The molecule has 0 atom stereocenters. The molecular formula is C23H33Br2N4NaO7. The summed E-state index contributed by atoms with van der Waals surface area (Å²) in [4.78, 5) is 34.7. The van der Waals surface area contributed by atoms with E-state index in [1.54, 1.807) is 12.3 Å². The van der Waals surface area contributed by atoms with Crippen molar-refractivity contribution in [1.29, 1.82) is 0 Å². The van der Waals surface area contributed by atoms with Gasteiger partial charge >= 0.3 is 41.5 Å². The first kappa shape index (κ1) is 37.8. The van der Waals surface area contributed by atoms with Gasteiger partial charge in [-0.1, -0.05) is 0 Å². The Kier molecular flexibility index (Phi) is 21.1. The third kappa shape index (κ3) is 15.6.